The third-order valence-corrected chi connectivity index (χ3v) is 4.08. The van der Waals surface area contributed by atoms with Crippen molar-refractivity contribution in [2.24, 2.45) is 5.10 Å². The summed E-state index contributed by atoms with van der Waals surface area (Å²) in [7, 11) is 0. The van der Waals surface area contributed by atoms with E-state index in [1.165, 1.54) is 11.1 Å². The van der Waals surface area contributed by atoms with Gasteiger partial charge in [0.1, 0.15) is 0 Å². The zero-order valence-corrected chi connectivity index (χ0v) is 14.0. The van der Waals surface area contributed by atoms with Gasteiger partial charge in [-0.2, -0.15) is 9.78 Å². The van der Waals surface area contributed by atoms with E-state index in [0.717, 1.165) is 16.5 Å². The first-order valence-corrected chi connectivity index (χ1v) is 8.62. The second-order valence-electron chi connectivity index (χ2n) is 5.23. The molecule has 3 aromatic rings. The Morgan fingerprint density at radius 1 is 1.04 bits per heavy atom. The molecule has 0 aliphatic heterocycles. The zero-order valence-electron chi connectivity index (χ0n) is 13.2. The van der Waals surface area contributed by atoms with Crippen LogP contribution in [0.4, 0.5) is 0 Å². The summed E-state index contributed by atoms with van der Waals surface area (Å²) in [6, 6.07) is 18.5. The zero-order chi connectivity index (χ0) is 16.1. The van der Waals surface area contributed by atoms with Gasteiger partial charge in [0.05, 0.1) is 6.21 Å². The molecule has 0 saturated carbocycles. The van der Waals surface area contributed by atoms with Gasteiger partial charge in [-0.05, 0) is 24.3 Å². The van der Waals surface area contributed by atoms with E-state index in [1.807, 2.05) is 35.3 Å². The van der Waals surface area contributed by atoms with Crippen LogP contribution in [0.3, 0.4) is 0 Å². The summed E-state index contributed by atoms with van der Waals surface area (Å²) < 4.78 is 1.82. The quantitative estimate of drug-likeness (QED) is 0.530. The Labute approximate surface area is 140 Å². The van der Waals surface area contributed by atoms with Crippen molar-refractivity contribution in [1.82, 2.24) is 14.9 Å². The molecule has 2 aromatic carbocycles. The van der Waals surface area contributed by atoms with Crippen molar-refractivity contribution in [3.8, 4) is 0 Å². The fourth-order valence-corrected chi connectivity index (χ4v) is 2.65. The molecule has 0 aliphatic rings. The van der Waals surface area contributed by atoms with Gasteiger partial charge in [-0.15, -0.1) is 10.2 Å². The van der Waals surface area contributed by atoms with Gasteiger partial charge in [0.2, 0.25) is 5.16 Å². The smallest absolute Gasteiger partial charge is 0.191 e. The van der Waals surface area contributed by atoms with E-state index in [-0.39, 0.29) is 0 Å². The molecule has 4 nitrogen and oxygen atoms in total. The number of aromatic nitrogens is 3. The highest BCUT2D eigenvalue weighted by Crippen LogP contribution is 2.16. The van der Waals surface area contributed by atoms with Crippen LogP contribution in [0.15, 0.2) is 64.9 Å². The number of aryl methyl sites for hydroxylation is 1. The van der Waals surface area contributed by atoms with Crippen LogP contribution < -0.4 is 0 Å². The fraction of sp³-hybridized carbons (Fsp3) is 0.167. The number of rotatable bonds is 5. The second kappa shape index (κ2) is 7.24. The first kappa shape index (κ1) is 15.5. The normalized spacial score (nSPS) is 11.2. The summed E-state index contributed by atoms with van der Waals surface area (Å²) in [5.41, 5.74) is 3.49. The molecule has 1 aromatic heterocycles. The Balaban J connectivity index is 1.88. The van der Waals surface area contributed by atoms with Gasteiger partial charge in [-0.1, -0.05) is 71.9 Å². The minimum atomic E-state index is 0.708. The van der Waals surface area contributed by atoms with E-state index >= 15 is 0 Å². The van der Waals surface area contributed by atoms with Crippen LogP contribution in [-0.4, -0.2) is 27.3 Å². The maximum absolute atomic E-state index is 4.58. The lowest BCUT2D eigenvalue weighted by atomic mass is 10.1. The molecule has 0 radical (unpaired) electrons. The summed E-state index contributed by atoms with van der Waals surface area (Å²) in [5, 5.41) is 13.9. The second-order valence-corrected chi connectivity index (χ2v) is 6.01. The van der Waals surface area contributed by atoms with Gasteiger partial charge in [0, 0.05) is 6.42 Å². The Bertz CT molecular complexity index is 792. The van der Waals surface area contributed by atoms with Crippen LogP contribution in [-0.2, 0) is 6.42 Å². The van der Waals surface area contributed by atoms with Crippen LogP contribution in [0, 0.1) is 6.92 Å². The average molecular weight is 322 g/mol. The van der Waals surface area contributed by atoms with Gasteiger partial charge >= 0.3 is 0 Å². The van der Waals surface area contributed by atoms with Crippen molar-refractivity contribution in [2.75, 3.05) is 6.26 Å². The standard InChI is InChI=1S/C18H18N4S/c1-14-8-10-16(11-9-14)13-19-22-17(20-21-18(22)23-2)12-15-6-4-3-5-7-15/h3-11,13H,12H2,1-2H3/b19-13-. The molecule has 3 rings (SSSR count). The number of hydrogen-bond acceptors (Lipinski definition) is 4. The van der Waals surface area contributed by atoms with Gasteiger partial charge in [0.25, 0.3) is 0 Å². The number of thioether (sulfide) groups is 1. The first-order chi connectivity index (χ1) is 11.3. The third-order valence-electron chi connectivity index (χ3n) is 3.46. The van der Waals surface area contributed by atoms with Crippen LogP contribution in [0.2, 0.25) is 0 Å². The number of nitrogens with zero attached hydrogens (tertiary/aromatic N) is 4. The summed E-state index contributed by atoms with van der Waals surface area (Å²) in [6.45, 7) is 2.07. The maximum atomic E-state index is 4.58. The van der Waals surface area contributed by atoms with Crippen molar-refractivity contribution in [1.29, 1.82) is 0 Å². The van der Waals surface area contributed by atoms with Crippen molar-refractivity contribution in [2.45, 2.75) is 18.5 Å². The molecule has 0 bridgehead atoms. The Morgan fingerprint density at radius 3 is 2.48 bits per heavy atom. The SMILES string of the molecule is CSc1nnc(Cc2ccccc2)n1/N=C\c1ccc(C)cc1. The highest BCUT2D eigenvalue weighted by molar-refractivity contribution is 7.98. The molecule has 0 unspecified atom stereocenters. The number of benzene rings is 2. The molecular weight excluding hydrogens is 304 g/mol. The first-order valence-electron chi connectivity index (χ1n) is 7.39. The minimum absolute atomic E-state index is 0.708. The molecule has 116 valence electrons. The molecule has 0 fully saturated rings. The molecule has 23 heavy (non-hydrogen) atoms. The lowest BCUT2D eigenvalue weighted by Gasteiger charge is -2.03. The molecule has 1 heterocycles. The van der Waals surface area contributed by atoms with Crippen molar-refractivity contribution < 1.29 is 0 Å². The predicted molar refractivity (Wildman–Crippen MR) is 95.2 cm³/mol. The average Bonchev–Trinajstić information content (AvgIpc) is 2.97. The molecule has 0 saturated heterocycles. The molecule has 5 heteroatoms. The van der Waals surface area contributed by atoms with E-state index < -0.39 is 0 Å². The van der Waals surface area contributed by atoms with Gasteiger partial charge < -0.3 is 0 Å². The fourth-order valence-electron chi connectivity index (χ4n) is 2.20. The molecule has 0 aliphatic carbocycles. The minimum Gasteiger partial charge on any atom is -0.191 e. The summed E-state index contributed by atoms with van der Waals surface area (Å²) in [5.74, 6) is 0.837. The highest BCUT2D eigenvalue weighted by atomic mass is 32.2. The van der Waals surface area contributed by atoms with Crippen LogP contribution >= 0.6 is 11.8 Å². The molecular formula is C18H18N4S. The van der Waals surface area contributed by atoms with Gasteiger partial charge in [-0.25, -0.2) is 0 Å². The van der Waals surface area contributed by atoms with Crippen molar-refractivity contribution >= 4 is 18.0 Å². The predicted octanol–water partition coefficient (Wildman–Crippen LogP) is 3.78. The van der Waals surface area contributed by atoms with E-state index in [4.69, 9.17) is 0 Å². The Hall–Kier alpha value is -2.40. The molecule has 0 spiro atoms. The van der Waals surface area contributed by atoms with E-state index in [1.54, 1.807) is 11.8 Å². The lowest BCUT2D eigenvalue weighted by Crippen LogP contribution is -2.01. The van der Waals surface area contributed by atoms with Crippen LogP contribution in [0.1, 0.15) is 22.5 Å². The third kappa shape index (κ3) is 3.87. The van der Waals surface area contributed by atoms with Crippen LogP contribution in [0.5, 0.6) is 0 Å². The molecule has 0 atom stereocenters. The van der Waals surface area contributed by atoms with E-state index in [9.17, 15) is 0 Å². The Kier molecular flexibility index (Phi) is 4.88. The number of hydrogen-bond donors (Lipinski definition) is 0. The van der Waals surface area contributed by atoms with E-state index in [2.05, 4.69) is 58.6 Å². The lowest BCUT2D eigenvalue weighted by molar-refractivity contribution is 0.730. The summed E-state index contributed by atoms with van der Waals surface area (Å²) >= 11 is 1.54. The maximum Gasteiger partial charge on any atom is 0.211 e. The van der Waals surface area contributed by atoms with Crippen molar-refractivity contribution in [3.63, 3.8) is 0 Å². The topological polar surface area (TPSA) is 43.1 Å². The molecule has 0 amide bonds. The van der Waals surface area contributed by atoms with Crippen LogP contribution in [0.25, 0.3) is 0 Å². The van der Waals surface area contributed by atoms with Gasteiger partial charge in [-0.3, -0.25) is 0 Å². The summed E-state index contributed by atoms with van der Waals surface area (Å²) in [4.78, 5) is 0. The molecule has 0 N–H and O–H groups in total. The van der Waals surface area contributed by atoms with E-state index in [0.29, 0.717) is 6.42 Å². The van der Waals surface area contributed by atoms with Crippen molar-refractivity contribution in [3.05, 3.63) is 77.1 Å². The monoisotopic (exact) mass is 322 g/mol. The highest BCUT2D eigenvalue weighted by Gasteiger charge is 2.11. The summed E-state index contributed by atoms with van der Waals surface area (Å²) in [6.07, 6.45) is 4.53. The van der Waals surface area contributed by atoms with Gasteiger partial charge in [0.15, 0.2) is 5.82 Å². The Morgan fingerprint density at radius 2 is 1.78 bits per heavy atom. The largest absolute Gasteiger partial charge is 0.211 e.